The molecule has 2 unspecified atom stereocenters. The van der Waals surface area contributed by atoms with Crippen LogP contribution in [0.1, 0.15) is 19.8 Å². The molecular formula is C9H11N3O3. The van der Waals surface area contributed by atoms with Crippen LogP contribution in [0.15, 0.2) is 0 Å². The summed E-state index contributed by atoms with van der Waals surface area (Å²) in [4.78, 5) is 33.3. The van der Waals surface area contributed by atoms with E-state index in [4.69, 9.17) is 5.26 Å². The van der Waals surface area contributed by atoms with Crippen LogP contribution in [0.25, 0.3) is 0 Å². The summed E-state index contributed by atoms with van der Waals surface area (Å²) >= 11 is 0. The van der Waals surface area contributed by atoms with Crippen molar-refractivity contribution in [3.63, 3.8) is 0 Å². The van der Waals surface area contributed by atoms with E-state index < -0.39 is 23.8 Å². The number of carbonyl (C=O) groups excluding carboxylic acids is 3. The molecule has 6 heteroatoms. The van der Waals surface area contributed by atoms with Gasteiger partial charge in [0.25, 0.3) is 0 Å². The van der Waals surface area contributed by atoms with Crippen LogP contribution in [-0.4, -0.2) is 23.8 Å². The average Bonchev–Trinajstić information content (AvgIpc) is 2.20. The monoisotopic (exact) mass is 209 g/mol. The van der Waals surface area contributed by atoms with E-state index in [-0.39, 0.29) is 18.7 Å². The molecule has 0 saturated carbocycles. The van der Waals surface area contributed by atoms with Crippen molar-refractivity contribution in [1.29, 1.82) is 5.26 Å². The van der Waals surface area contributed by atoms with Gasteiger partial charge in [0.05, 0.1) is 6.07 Å². The maximum absolute atomic E-state index is 11.3. The highest BCUT2D eigenvalue weighted by molar-refractivity contribution is 6.01. The van der Waals surface area contributed by atoms with E-state index in [1.165, 1.54) is 6.92 Å². The van der Waals surface area contributed by atoms with Gasteiger partial charge in [-0.3, -0.25) is 19.7 Å². The number of nitrogens with one attached hydrogen (secondary N) is 2. The quantitative estimate of drug-likeness (QED) is 0.574. The number of rotatable bonds is 2. The number of hydrogen-bond donors (Lipinski definition) is 2. The number of nitrogens with zero attached hydrogens (tertiary/aromatic N) is 1. The summed E-state index contributed by atoms with van der Waals surface area (Å²) in [6, 6.07) is 1.06. The Morgan fingerprint density at radius 1 is 1.67 bits per heavy atom. The number of amides is 3. The van der Waals surface area contributed by atoms with Crippen molar-refractivity contribution in [3.05, 3.63) is 0 Å². The van der Waals surface area contributed by atoms with E-state index >= 15 is 0 Å². The van der Waals surface area contributed by atoms with Gasteiger partial charge in [0.2, 0.25) is 17.7 Å². The van der Waals surface area contributed by atoms with Crippen molar-refractivity contribution in [2.45, 2.75) is 25.8 Å². The molecule has 80 valence electrons. The molecule has 0 bridgehead atoms. The van der Waals surface area contributed by atoms with Crippen LogP contribution in [0.4, 0.5) is 0 Å². The van der Waals surface area contributed by atoms with E-state index in [0.717, 1.165) is 0 Å². The first-order valence-electron chi connectivity index (χ1n) is 4.58. The Balaban J connectivity index is 2.53. The minimum absolute atomic E-state index is 0.206. The second-order valence-electron chi connectivity index (χ2n) is 3.36. The van der Waals surface area contributed by atoms with Crippen LogP contribution in [0.5, 0.6) is 0 Å². The smallest absolute Gasteiger partial charge is 0.249 e. The van der Waals surface area contributed by atoms with Gasteiger partial charge in [-0.25, -0.2) is 0 Å². The summed E-state index contributed by atoms with van der Waals surface area (Å²) in [7, 11) is 0. The molecular weight excluding hydrogens is 198 g/mol. The molecule has 0 aromatic rings. The first kappa shape index (κ1) is 11.2. The van der Waals surface area contributed by atoms with E-state index in [1.807, 2.05) is 0 Å². The molecule has 2 atom stereocenters. The average molecular weight is 209 g/mol. The van der Waals surface area contributed by atoms with Gasteiger partial charge >= 0.3 is 0 Å². The Bertz CT molecular complexity index is 345. The van der Waals surface area contributed by atoms with Crippen LogP contribution in [0.2, 0.25) is 0 Å². The minimum atomic E-state index is -0.796. The molecule has 6 nitrogen and oxygen atoms in total. The van der Waals surface area contributed by atoms with Crippen LogP contribution >= 0.6 is 0 Å². The Hall–Kier alpha value is -1.90. The topological polar surface area (TPSA) is 99.1 Å². The molecule has 1 rings (SSSR count). The maximum Gasteiger partial charge on any atom is 0.249 e. The highest BCUT2D eigenvalue weighted by Crippen LogP contribution is 2.05. The number of hydrogen-bond acceptors (Lipinski definition) is 4. The van der Waals surface area contributed by atoms with E-state index in [0.29, 0.717) is 0 Å². The molecule has 1 saturated heterocycles. The first-order chi connectivity index (χ1) is 7.04. The third kappa shape index (κ3) is 2.77. The highest BCUT2D eigenvalue weighted by atomic mass is 16.2. The molecule has 0 spiro atoms. The summed E-state index contributed by atoms with van der Waals surface area (Å²) in [5, 5.41) is 13.0. The molecule has 15 heavy (non-hydrogen) atoms. The number of piperidine rings is 1. The standard InChI is InChI=1S/C9H11N3O3/c1-5(4-10)8(14)11-6-2-3-7(13)12-9(6)15/h5-6H,2-3H2,1H3,(H,11,14)(H,12,13,15). The molecule has 3 amide bonds. The molecule has 1 aliphatic rings. The summed E-state index contributed by atoms with van der Waals surface area (Å²) in [6.45, 7) is 1.45. The molecule has 0 aliphatic carbocycles. The fourth-order valence-corrected chi connectivity index (χ4v) is 1.19. The minimum Gasteiger partial charge on any atom is -0.343 e. The Kier molecular flexibility index (Phi) is 3.39. The summed E-state index contributed by atoms with van der Waals surface area (Å²) in [6.07, 6.45) is 0.492. The van der Waals surface area contributed by atoms with Crippen molar-refractivity contribution in [2.75, 3.05) is 0 Å². The van der Waals surface area contributed by atoms with Crippen LogP contribution in [0.3, 0.4) is 0 Å². The predicted octanol–water partition coefficient (Wildman–Crippen LogP) is -0.933. The molecule has 0 aromatic heterocycles. The fraction of sp³-hybridized carbons (Fsp3) is 0.556. The molecule has 2 N–H and O–H groups in total. The zero-order chi connectivity index (χ0) is 11.4. The normalized spacial score (nSPS) is 22.5. The van der Waals surface area contributed by atoms with Gasteiger partial charge in [-0.05, 0) is 13.3 Å². The zero-order valence-corrected chi connectivity index (χ0v) is 8.24. The molecule has 0 aromatic carbocycles. The van der Waals surface area contributed by atoms with Crippen molar-refractivity contribution in [3.8, 4) is 6.07 Å². The number of imide groups is 1. The highest BCUT2D eigenvalue weighted by Gasteiger charge is 2.28. The van der Waals surface area contributed by atoms with Gasteiger partial charge in [0, 0.05) is 6.42 Å². The maximum atomic E-state index is 11.3. The lowest BCUT2D eigenvalue weighted by Gasteiger charge is -2.22. The molecule has 1 heterocycles. The Morgan fingerprint density at radius 2 is 2.33 bits per heavy atom. The fourth-order valence-electron chi connectivity index (χ4n) is 1.19. The lowest BCUT2D eigenvalue weighted by molar-refractivity contribution is -0.137. The van der Waals surface area contributed by atoms with Gasteiger partial charge < -0.3 is 5.32 Å². The number of nitriles is 1. The predicted molar refractivity (Wildman–Crippen MR) is 49.1 cm³/mol. The van der Waals surface area contributed by atoms with Gasteiger partial charge in [-0.1, -0.05) is 0 Å². The van der Waals surface area contributed by atoms with Crippen LogP contribution < -0.4 is 10.6 Å². The van der Waals surface area contributed by atoms with E-state index in [9.17, 15) is 14.4 Å². The third-order valence-corrected chi connectivity index (χ3v) is 2.14. The molecule has 1 fully saturated rings. The summed E-state index contributed by atoms with van der Waals surface area (Å²) in [5.41, 5.74) is 0. The van der Waals surface area contributed by atoms with E-state index in [1.54, 1.807) is 6.07 Å². The Labute approximate surface area is 86.6 Å². The van der Waals surface area contributed by atoms with Crippen molar-refractivity contribution >= 4 is 17.7 Å². The van der Waals surface area contributed by atoms with Crippen LogP contribution in [-0.2, 0) is 14.4 Å². The second kappa shape index (κ2) is 4.55. The van der Waals surface area contributed by atoms with Crippen molar-refractivity contribution < 1.29 is 14.4 Å². The van der Waals surface area contributed by atoms with Crippen molar-refractivity contribution in [2.24, 2.45) is 5.92 Å². The van der Waals surface area contributed by atoms with Gasteiger partial charge in [-0.15, -0.1) is 0 Å². The SMILES string of the molecule is CC(C#N)C(=O)NC1CCC(=O)NC1=O. The van der Waals surface area contributed by atoms with E-state index in [2.05, 4.69) is 10.6 Å². The van der Waals surface area contributed by atoms with Gasteiger partial charge in [0.15, 0.2) is 0 Å². The van der Waals surface area contributed by atoms with Gasteiger partial charge in [-0.2, -0.15) is 5.26 Å². The summed E-state index contributed by atoms with van der Waals surface area (Å²) in [5.74, 6) is -2.13. The lowest BCUT2D eigenvalue weighted by atomic mass is 10.1. The second-order valence-corrected chi connectivity index (χ2v) is 3.36. The van der Waals surface area contributed by atoms with Crippen LogP contribution in [0, 0.1) is 17.2 Å². The molecule has 1 aliphatic heterocycles. The number of carbonyl (C=O) groups is 3. The van der Waals surface area contributed by atoms with Crippen molar-refractivity contribution in [1.82, 2.24) is 10.6 Å². The first-order valence-corrected chi connectivity index (χ1v) is 4.58. The zero-order valence-electron chi connectivity index (χ0n) is 8.24. The molecule has 0 radical (unpaired) electrons. The summed E-state index contributed by atoms with van der Waals surface area (Å²) < 4.78 is 0. The third-order valence-electron chi connectivity index (χ3n) is 2.14. The lowest BCUT2D eigenvalue weighted by Crippen LogP contribution is -2.53. The Morgan fingerprint density at radius 3 is 2.87 bits per heavy atom. The van der Waals surface area contributed by atoms with Gasteiger partial charge in [0.1, 0.15) is 12.0 Å². The largest absolute Gasteiger partial charge is 0.343 e.